The van der Waals surface area contributed by atoms with Gasteiger partial charge in [-0.1, -0.05) is 17.3 Å². The molecule has 1 heterocycles. The van der Waals surface area contributed by atoms with E-state index in [0.29, 0.717) is 6.61 Å². The second-order valence-corrected chi connectivity index (χ2v) is 3.59. The first-order valence-corrected chi connectivity index (χ1v) is 4.84. The van der Waals surface area contributed by atoms with Gasteiger partial charge in [-0.25, -0.2) is 0 Å². The van der Waals surface area contributed by atoms with E-state index in [9.17, 15) is 0 Å². The normalized spacial score (nSPS) is 10.3. The molecule has 0 spiro atoms. The molecular weight excluding hydrogens is 190 g/mol. The lowest BCUT2D eigenvalue weighted by Gasteiger charge is -2.08. The Morgan fingerprint density at radius 2 is 2.20 bits per heavy atom. The molecule has 1 aromatic heterocycles. The summed E-state index contributed by atoms with van der Waals surface area (Å²) in [6.07, 6.45) is 3.25. The summed E-state index contributed by atoms with van der Waals surface area (Å²) in [5, 5.41) is 3.62. The molecule has 3 nitrogen and oxygen atoms in total. The van der Waals surface area contributed by atoms with Gasteiger partial charge >= 0.3 is 0 Å². The predicted octanol–water partition coefficient (Wildman–Crippen LogP) is 2.87. The van der Waals surface area contributed by atoms with Crippen LogP contribution in [0.4, 0.5) is 0 Å². The summed E-state index contributed by atoms with van der Waals surface area (Å²) in [5.41, 5.74) is 3.27. The molecule has 0 aliphatic carbocycles. The van der Waals surface area contributed by atoms with E-state index in [1.807, 2.05) is 19.9 Å². The van der Waals surface area contributed by atoms with Crippen molar-refractivity contribution in [1.82, 2.24) is 5.16 Å². The monoisotopic (exact) mass is 203 g/mol. The largest absolute Gasteiger partial charge is 0.488 e. The van der Waals surface area contributed by atoms with E-state index in [1.165, 1.54) is 5.56 Å². The Balaban J connectivity index is 2.07. The minimum absolute atomic E-state index is 0.494. The Hall–Kier alpha value is -1.77. The molecule has 2 rings (SSSR count). The summed E-state index contributed by atoms with van der Waals surface area (Å²) in [4.78, 5) is 0. The lowest BCUT2D eigenvalue weighted by atomic mass is 10.1. The molecule has 0 fully saturated rings. The smallest absolute Gasteiger partial charge is 0.130 e. The van der Waals surface area contributed by atoms with Gasteiger partial charge in [0, 0.05) is 5.56 Å². The number of hydrogen-bond acceptors (Lipinski definition) is 3. The minimum atomic E-state index is 0.494. The first-order chi connectivity index (χ1) is 7.25. The van der Waals surface area contributed by atoms with Crippen LogP contribution in [0.5, 0.6) is 5.75 Å². The fourth-order valence-corrected chi connectivity index (χ4v) is 1.32. The second kappa shape index (κ2) is 4.17. The molecule has 0 saturated carbocycles. The van der Waals surface area contributed by atoms with Crippen molar-refractivity contribution >= 4 is 0 Å². The number of ether oxygens (including phenoxy) is 1. The first kappa shape index (κ1) is 9.77. The Morgan fingerprint density at radius 3 is 2.93 bits per heavy atom. The lowest BCUT2D eigenvalue weighted by Crippen LogP contribution is -1.95. The van der Waals surface area contributed by atoms with E-state index < -0.39 is 0 Å². The lowest BCUT2D eigenvalue weighted by molar-refractivity contribution is 0.302. The molecule has 0 amide bonds. The van der Waals surface area contributed by atoms with Crippen LogP contribution in [0.3, 0.4) is 0 Å². The number of aromatic nitrogens is 1. The molecule has 0 atom stereocenters. The van der Waals surface area contributed by atoms with Crippen molar-refractivity contribution in [1.29, 1.82) is 0 Å². The molecule has 0 saturated heterocycles. The quantitative estimate of drug-likeness (QED) is 0.769. The van der Waals surface area contributed by atoms with Gasteiger partial charge in [0.1, 0.15) is 18.6 Å². The van der Waals surface area contributed by atoms with Crippen molar-refractivity contribution in [3.05, 3.63) is 47.3 Å². The third-order valence-electron chi connectivity index (χ3n) is 2.22. The van der Waals surface area contributed by atoms with Gasteiger partial charge in [-0.3, -0.25) is 0 Å². The average molecular weight is 203 g/mol. The number of hydrogen-bond donors (Lipinski definition) is 0. The molecular formula is C12H13NO2. The molecule has 15 heavy (non-hydrogen) atoms. The van der Waals surface area contributed by atoms with Crippen LogP contribution < -0.4 is 4.74 Å². The highest BCUT2D eigenvalue weighted by Gasteiger charge is 2.01. The molecule has 0 aliphatic rings. The highest BCUT2D eigenvalue weighted by Crippen LogP contribution is 2.20. The molecule has 78 valence electrons. The molecule has 1 aromatic carbocycles. The van der Waals surface area contributed by atoms with Crippen molar-refractivity contribution in [3.8, 4) is 5.75 Å². The summed E-state index contributed by atoms with van der Waals surface area (Å²) < 4.78 is 10.4. The van der Waals surface area contributed by atoms with E-state index in [-0.39, 0.29) is 0 Å². The third kappa shape index (κ3) is 2.37. The van der Waals surface area contributed by atoms with Crippen LogP contribution in [0.25, 0.3) is 0 Å². The second-order valence-electron chi connectivity index (χ2n) is 3.59. The molecule has 0 N–H and O–H groups in total. The van der Waals surface area contributed by atoms with Crippen LogP contribution in [0, 0.1) is 13.8 Å². The van der Waals surface area contributed by atoms with Crippen molar-refractivity contribution in [3.63, 3.8) is 0 Å². The maximum Gasteiger partial charge on any atom is 0.130 e. The summed E-state index contributed by atoms with van der Waals surface area (Å²) in [5.74, 6) is 0.913. The fraction of sp³-hybridized carbons (Fsp3) is 0.250. The van der Waals surface area contributed by atoms with Crippen LogP contribution in [0.1, 0.15) is 16.7 Å². The van der Waals surface area contributed by atoms with Gasteiger partial charge in [0.2, 0.25) is 0 Å². The fourth-order valence-electron chi connectivity index (χ4n) is 1.32. The van der Waals surface area contributed by atoms with Crippen molar-refractivity contribution in [2.24, 2.45) is 0 Å². The first-order valence-electron chi connectivity index (χ1n) is 4.84. The average Bonchev–Trinajstić information content (AvgIpc) is 2.72. The minimum Gasteiger partial charge on any atom is -0.488 e. The number of aryl methyl sites for hydroxylation is 2. The van der Waals surface area contributed by atoms with Crippen LogP contribution in [-0.2, 0) is 6.61 Å². The van der Waals surface area contributed by atoms with Gasteiger partial charge < -0.3 is 9.26 Å². The van der Waals surface area contributed by atoms with Crippen LogP contribution in [-0.4, -0.2) is 5.16 Å². The number of rotatable bonds is 3. The third-order valence-corrected chi connectivity index (χ3v) is 2.22. The number of nitrogens with zero attached hydrogens (tertiary/aromatic N) is 1. The molecule has 0 aliphatic heterocycles. The van der Waals surface area contributed by atoms with Crippen molar-refractivity contribution in [2.45, 2.75) is 20.5 Å². The summed E-state index contributed by atoms with van der Waals surface area (Å²) >= 11 is 0. The summed E-state index contributed by atoms with van der Waals surface area (Å²) in [6.45, 7) is 4.57. The molecule has 3 heteroatoms. The zero-order valence-electron chi connectivity index (χ0n) is 8.86. The topological polar surface area (TPSA) is 35.3 Å². The Bertz CT molecular complexity index is 435. The highest BCUT2D eigenvalue weighted by molar-refractivity contribution is 5.36. The van der Waals surface area contributed by atoms with E-state index >= 15 is 0 Å². The van der Waals surface area contributed by atoms with E-state index in [2.05, 4.69) is 17.3 Å². The summed E-state index contributed by atoms with van der Waals surface area (Å²) in [6, 6.07) is 6.16. The van der Waals surface area contributed by atoms with Crippen LogP contribution >= 0.6 is 0 Å². The Labute approximate surface area is 88.7 Å². The maximum absolute atomic E-state index is 5.66. The van der Waals surface area contributed by atoms with Gasteiger partial charge in [-0.2, -0.15) is 0 Å². The van der Waals surface area contributed by atoms with E-state index in [0.717, 1.165) is 16.9 Å². The van der Waals surface area contributed by atoms with Crippen LogP contribution in [0.2, 0.25) is 0 Å². The number of benzene rings is 1. The predicted molar refractivity (Wildman–Crippen MR) is 56.8 cm³/mol. The van der Waals surface area contributed by atoms with Gasteiger partial charge in [0.25, 0.3) is 0 Å². The van der Waals surface area contributed by atoms with E-state index in [1.54, 1.807) is 12.5 Å². The van der Waals surface area contributed by atoms with Gasteiger partial charge in [-0.05, 0) is 31.0 Å². The van der Waals surface area contributed by atoms with Crippen LogP contribution in [0.15, 0.2) is 35.2 Å². The molecule has 0 radical (unpaired) electrons. The van der Waals surface area contributed by atoms with Crippen molar-refractivity contribution < 1.29 is 9.26 Å². The van der Waals surface area contributed by atoms with Crippen molar-refractivity contribution in [2.75, 3.05) is 0 Å². The Kier molecular flexibility index (Phi) is 2.72. The maximum atomic E-state index is 5.66. The molecule has 2 aromatic rings. The Morgan fingerprint density at radius 1 is 1.33 bits per heavy atom. The molecule has 0 unspecified atom stereocenters. The van der Waals surface area contributed by atoms with Gasteiger partial charge in [-0.15, -0.1) is 0 Å². The van der Waals surface area contributed by atoms with E-state index in [4.69, 9.17) is 9.26 Å². The zero-order chi connectivity index (χ0) is 10.7. The van der Waals surface area contributed by atoms with Gasteiger partial charge in [0.05, 0.1) is 6.20 Å². The zero-order valence-corrected chi connectivity index (χ0v) is 8.86. The SMILES string of the molecule is Cc1ccc(C)c(OCc2cnoc2)c1. The summed E-state index contributed by atoms with van der Waals surface area (Å²) in [7, 11) is 0. The van der Waals surface area contributed by atoms with Gasteiger partial charge in [0.15, 0.2) is 0 Å². The molecule has 0 bridgehead atoms. The standard InChI is InChI=1S/C12H13NO2/c1-9-3-4-10(2)12(5-9)14-7-11-6-13-15-8-11/h3-6,8H,7H2,1-2H3. The highest BCUT2D eigenvalue weighted by atomic mass is 16.5.